The third kappa shape index (κ3) is 2.57. The minimum atomic E-state index is -0.328. The molecule has 1 aliphatic rings. The first kappa shape index (κ1) is 13.5. The highest BCUT2D eigenvalue weighted by atomic mass is 16.5. The Morgan fingerprint density at radius 1 is 1.47 bits per heavy atom. The van der Waals surface area contributed by atoms with E-state index in [-0.39, 0.29) is 12.6 Å². The zero-order valence-electron chi connectivity index (χ0n) is 11.7. The lowest BCUT2D eigenvalue weighted by Gasteiger charge is -2.13. The molecule has 0 bridgehead atoms. The van der Waals surface area contributed by atoms with E-state index >= 15 is 0 Å². The van der Waals surface area contributed by atoms with Gasteiger partial charge in [-0.2, -0.15) is 0 Å². The van der Waals surface area contributed by atoms with Crippen molar-refractivity contribution >= 4 is 5.97 Å². The number of esters is 1. The molecule has 0 atom stereocenters. The summed E-state index contributed by atoms with van der Waals surface area (Å²) in [5.41, 5.74) is 3.36. The van der Waals surface area contributed by atoms with Gasteiger partial charge in [0.2, 0.25) is 0 Å². The molecular formula is C15H18O4. The van der Waals surface area contributed by atoms with Crippen molar-refractivity contribution in [3.63, 3.8) is 0 Å². The number of carbonyl (C=O) groups excluding carboxylic acids is 1. The van der Waals surface area contributed by atoms with Gasteiger partial charge in [-0.1, -0.05) is 5.57 Å². The van der Waals surface area contributed by atoms with Gasteiger partial charge in [0.15, 0.2) is 0 Å². The van der Waals surface area contributed by atoms with E-state index in [4.69, 9.17) is 14.2 Å². The molecule has 0 saturated carbocycles. The summed E-state index contributed by atoms with van der Waals surface area (Å²) >= 11 is 0. The number of rotatable bonds is 4. The van der Waals surface area contributed by atoms with Crippen LogP contribution in [-0.4, -0.2) is 19.7 Å². The lowest BCUT2D eigenvalue weighted by atomic mass is 10.0. The van der Waals surface area contributed by atoms with Crippen LogP contribution in [0.15, 0.2) is 17.7 Å². The summed E-state index contributed by atoms with van der Waals surface area (Å²) in [5, 5.41) is 0. The number of methoxy groups -OCH3 is 1. The molecule has 0 unspecified atom stereocenters. The summed E-state index contributed by atoms with van der Waals surface area (Å²) in [7, 11) is 1.55. The third-order valence-corrected chi connectivity index (χ3v) is 3.06. The molecule has 0 radical (unpaired) electrons. The van der Waals surface area contributed by atoms with Gasteiger partial charge in [0.25, 0.3) is 0 Å². The monoisotopic (exact) mass is 262 g/mol. The van der Waals surface area contributed by atoms with Crippen LogP contribution in [0.5, 0.6) is 11.5 Å². The molecule has 1 aromatic rings. The number of fused-ring (bicyclic) bond motifs is 1. The van der Waals surface area contributed by atoms with Crippen LogP contribution >= 0.6 is 0 Å². The molecular weight excluding hydrogens is 244 g/mol. The summed E-state index contributed by atoms with van der Waals surface area (Å²) in [4.78, 5) is 11.7. The molecule has 1 aliphatic heterocycles. The van der Waals surface area contributed by atoms with Crippen LogP contribution < -0.4 is 9.47 Å². The summed E-state index contributed by atoms with van der Waals surface area (Å²) < 4.78 is 16.1. The number of hydrogen-bond acceptors (Lipinski definition) is 4. The van der Waals surface area contributed by atoms with Crippen molar-refractivity contribution in [3.05, 3.63) is 34.4 Å². The van der Waals surface area contributed by atoms with Crippen molar-refractivity contribution in [2.45, 2.75) is 27.4 Å². The van der Waals surface area contributed by atoms with Crippen molar-refractivity contribution in [1.29, 1.82) is 0 Å². The number of hydrogen-bond donors (Lipinski definition) is 0. The Labute approximate surface area is 113 Å². The smallest absolute Gasteiger partial charge is 0.342 e. The molecule has 0 aromatic heterocycles. The van der Waals surface area contributed by atoms with Crippen molar-refractivity contribution in [2.75, 3.05) is 13.7 Å². The van der Waals surface area contributed by atoms with E-state index in [1.54, 1.807) is 7.11 Å². The van der Waals surface area contributed by atoms with E-state index in [1.807, 2.05) is 32.9 Å². The van der Waals surface area contributed by atoms with Crippen molar-refractivity contribution in [3.8, 4) is 11.5 Å². The van der Waals surface area contributed by atoms with Crippen LogP contribution in [0.25, 0.3) is 0 Å². The Morgan fingerprint density at radius 3 is 2.84 bits per heavy atom. The molecule has 0 fully saturated rings. The minimum absolute atomic E-state index is 0.282. The Morgan fingerprint density at radius 2 is 2.21 bits per heavy atom. The molecule has 0 saturated heterocycles. The summed E-state index contributed by atoms with van der Waals surface area (Å²) in [6.45, 7) is 6.70. The topological polar surface area (TPSA) is 44.8 Å². The van der Waals surface area contributed by atoms with Gasteiger partial charge in [0.05, 0.1) is 7.11 Å². The number of benzene rings is 1. The fraction of sp³-hybridized carbons (Fsp3) is 0.400. The second kappa shape index (κ2) is 5.34. The van der Waals surface area contributed by atoms with Gasteiger partial charge in [-0.25, -0.2) is 4.79 Å². The lowest BCUT2D eigenvalue weighted by Crippen LogP contribution is -2.03. The number of cyclic esters (lactones) is 1. The first-order valence-electron chi connectivity index (χ1n) is 6.18. The van der Waals surface area contributed by atoms with Gasteiger partial charge < -0.3 is 14.2 Å². The van der Waals surface area contributed by atoms with Gasteiger partial charge >= 0.3 is 5.97 Å². The fourth-order valence-corrected chi connectivity index (χ4v) is 2.04. The molecule has 0 spiro atoms. The average molecular weight is 262 g/mol. The normalized spacial score (nSPS) is 12.7. The number of ether oxygens (including phenoxy) is 3. The van der Waals surface area contributed by atoms with Gasteiger partial charge in [-0.15, -0.1) is 0 Å². The van der Waals surface area contributed by atoms with Crippen LogP contribution in [0, 0.1) is 6.92 Å². The van der Waals surface area contributed by atoms with E-state index < -0.39 is 0 Å². The molecule has 19 heavy (non-hydrogen) atoms. The Bertz CT molecular complexity index is 540. The first-order valence-corrected chi connectivity index (χ1v) is 6.18. The van der Waals surface area contributed by atoms with Crippen molar-refractivity contribution in [1.82, 2.24) is 0 Å². The second-order valence-corrected chi connectivity index (χ2v) is 4.74. The van der Waals surface area contributed by atoms with Crippen LogP contribution in [-0.2, 0) is 11.3 Å². The second-order valence-electron chi connectivity index (χ2n) is 4.74. The molecule has 0 amide bonds. The van der Waals surface area contributed by atoms with Gasteiger partial charge in [-0.05, 0) is 32.9 Å². The van der Waals surface area contributed by atoms with Gasteiger partial charge in [0, 0.05) is 11.1 Å². The van der Waals surface area contributed by atoms with E-state index in [0.717, 1.165) is 16.9 Å². The van der Waals surface area contributed by atoms with Crippen LogP contribution in [0.3, 0.4) is 0 Å². The van der Waals surface area contributed by atoms with Crippen LogP contribution in [0.1, 0.15) is 35.3 Å². The van der Waals surface area contributed by atoms with Crippen LogP contribution in [0.4, 0.5) is 0 Å². The Kier molecular flexibility index (Phi) is 3.79. The standard InChI is InChI=1S/C15H18O4/c1-9(2)5-6-18-12-7-11-8-19-15(16)13(11)14(17-4)10(12)3/h5,7H,6,8H2,1-4H3. The van der Waals surface area contributed by atoms with Gasteiger partial charge in [-0.3, -0.25) is 0 Å². The zero-order valence-corrected chi connectivity index (χ0v) is 11.7. The van der Waals surface area contributed by atoms with E-state index in [1.165, 1.54) is 5.57 Å². The molecule has 2 rings (SSSR count). The molecule has 1 heterocycles. The quantitative estimate of drug-likeness (QED) is 0.618. The molecule has 102 valence electrons. The molecule has 0 N–H and O–H groups in total. The highest BCUT2D eigenvalue weighted by molar-refractivity contribution is 5.97. The largest absolute Gasteiger partial charge is 0.495 e. The Hall–Kier alpha value is -1.97. The predicted octanol–water partition coefficient (Wildman–Crippen LogP) is 3.02. The number of allylic oxidation sites excluding steroid dienone is 1. The highest BCUT2D eigenvalue weighted by Gasteiger charge is 2.29. The van der Waals surface area contributed by atoms with E-state index in [9.17, 15) is 4.79 Å². The maximum Gasteiger partial charge on any atom is 0.342 e. The van der Waals surface area contributed by atoms with Crippen molar-refractivity contribution < 1.29 is 19.0 Å². The molecule has 4 heteroatoms. The molecule has 4 nitrogen and oxygen atoms in total. The predicted molar refractivity (Wildman–Crippen MR) is 71.8 cm³/mol. The van der Waals surface area contributed by atoms with E-state index in [2.05, 4.69) is 0 Å². The number of carbonyl (C=O) groups is 1. The lowest BCUT2D eigenvalue weighted by molar-refractivity contribution is 0.0533. The van der Waals surface area contributed by atoms with E-state index in [0.29, 0.717) is 17.9 Å². The summed E-state index contributed by atoms with van der Waals surface area (Å²) in [6, 6.07) is 1.86. The molecule has 0 aliphatic carbocycles. The maximum absolute atomic E-state index is 11.7. The maximum atomic E-state index is 11.7. The Balaban J connectivity index is 2.36. The van der Waals surface area contributed by atoms with Crippen molar-refractivity contribution in [2.24, 2.45) is 0 Å². The fourth-order valence-electron chi connectivity index (χ4n) is 2.04. The average Bonchev–Trinajstić information content (AvgIpc) is 2.71. The SMILES string of the molecule is COc1c(C)c(OCC=C(C)C)cc2c1C(=O)OC2. The minimum Gasteiger partial charge on any atom is -0.495 e. The third-order valence-electron chi connectivity index (χ3n) is 3.06. The summed E-state index contributed by atoms with van der Waals surface area (Å²) in [5.74, 6) is 0.949. The zero-order chi connectivity index (χ0) is 14.0. The van der Waals surface area contributed by atoms with Crippen LogP contribution in [0.2, 0.25) is 0 Å². The molecule has 1 aromatic carbocycles. The van der Waals surface area contributed by atoms with Gasteiger partial charge in [0.1, 0.15) is 30.3 Å². The summed E-state index contributed by atoms with van der Waals surface area (Å²) in [6.07, 6.45) is 2.00. The highest BCUT2D eigenvalue weighted by Crippen LogP contribution is 2.38. The first-order chi connectivity index (χ1) is 9.04.